The number of carbonyl (C=O) groups excluding carboxylic acids is 1. The summed E-state index contributed by atoms with van der Waals surface area (Å²) < 4.78 is 7.78. The number of aromatic nitrogens is 2. The fourth-order valence-electron chi connectivity index (χ4n) is 8.90. The molecule has 3 unspecified atom stereocenters. The quantitative estimate of drug-likeness (QED) is 0.487. The van der Waals surface area contributed by atoms with Crippen molar-refractivity contribution in [2.45, 2.75) is 115 Å². The van der Waals surface area contributed by atoms with Crippen molar-refractivity contribution >= 4 is 22.9 Å². The molecule has 5 aliphatic rings. The largest absolute Gasteiger partial charge is 0.444 e. The van der Waals surface area contributed by atoms with Gasteiger partial charge in [0.05, 0.1) is 17.1 Å². The number of benzene rings is 1. The molecule has 41 heavy (non-hydrogen) atoms. The summed E-state index contributed by atoms with van der Waals surface area (Å²) in [5.41, 5.74) is 1.47. The molecular formula is C33H47N5O3. The summed E-state index contributed by atoms with van der Waals surface area (Å²) in [5, 5.41) is 0. The predicted octanol–water partition coefficient (Wildman–Crippen LogP) is 5.59. The summed E-state index contributed by atoms with van der Waals surface area (Å²) in [6.45, 7) is 8.61. The van der Waals surface area contributed by atoms with Crippen LogP contribution in [-0.4, -0.2) is 75.3 Å². The molecule has 0 N–H and O–H groups in total. The van der Waals surface area contributed by atoms with Gasteiger partial charge in [0.25, 0.3) is 5.56 Å². The minimum atomic E-state index is -0.494. The number of fused-ring (bicyclic) bond motifs is 4. The van der Waals surface area contributed by atoms with Gasteiger partial charge in [-0.3, -0.25) is 14.3 Å². The Kier molecular flexibility index (Phi) is 7.03. The van der Waals surface area contributed by atoms with Gasteiger partial charge in [-0.25, -0.2) is 9.78 Å². The first kappa shape index (κ1) is 27.2. The van der Waals surface area contributed by atoms with Gasteiger partial charge in [0, 0.05) is 56.1 Å². The van der Waals surface area contributed by atoms with E-state index in [4.69, 9.17) is 9.72 Å². The Bertz CT molecular complexity index is 1330. The van der Waals surface area contributed by atoms with E-state index in [1.807, 2.05) is 37.8 Å². The van der Waals surface area contributed by atoms with Gasteiger partial charge in [0.2, 0.25) is 0 Å². The Morgan fingerprint density at radius 1 is 0.854 bits per heavy atom. The molecule has 5 atom stereocenters. The normalized spacial score (nSPS) is 31.0. The molecule has 1 aromatic carbocycles. The fourth-order valence-corrected chi connectivity index (χ4v) is 8.90. The molecule has 2 aromatic rings. The number of amides is 1. The fraction of sp³-hybridized carbons (Fsp3) is 0.727. The van der Waals surface area contributed by atoms with E-state index in [1.54, 1.807) is 0 Å². The van der Waals surface area contributed by atoms with Crippen molar-refractivity contribution in [3.63, 3.8) is 0 Å². The number of hydrogen-bond acceptors (Lipinski definition) is 6. The number of hydrogen-bond donors (Lipinski definition) is 0. The molecule has 0 radical (unpaired) electrons. The predicted molar refractivity (Wildman–Crippen MR) is 161 cm³/mol. The highest BCUT2D eigenvalue weighted by atomic mass is 16.6. The first-order chi connectivity index (χ1) is 19.8. The Labute approximate surface area is 244 Å². The van der Waals surface area contributed by atoms with Crippen LogP contribution >= 0.6 is 0 Å². The number of anilines is 1. The van der Waals surface area contributed by atoms with Gasteiger partial charge in [-0.05, 0) is 65.0 Å². The Hall–Kier alpha value is -2.61. The summed E-state index contributed by atoms with van der Waals surface area (Å²) in [7, 11) is 0. The van der Waals surface area contributed by atoms with Crippen LogP contribution in [0.5, 0.6) is 0 Å². The minimum Gasteiger partial charge on any atom is -0.444 e. The Morgan fingerprint density at radius 2 is 1.54 bits per heavy atom. The van der Waals surface area contributed by atoms with Gasteiger partial charge in [-0.1, -0.05) is 44.2 Å². The van der Waals surface area contributed by atoms with Crippen molar-refractivity contribution < 1.29 is 9.53 Å². The van der Waals surface area contributed by atoms with Crippen LogP contribution in [0, 0.1) is 11.8 Å². The second kappa shape index (κ2) is 10.6. The zero-order valence-corrected chi connectivity index (χ0v) is 25.1. The Balaban J connectivity index is 1.15. The number of rotatable bonds is 3. The maximum absolute atomic E-state index is 14.4. The van der Waals surface area contributed by atoms with Crippen LogP contribution in [-0.2, 0) is 4.74 Å². The average molecular weight is 562 g/mol. The second-order valence-corrected chi connectivity index (χ2v) is 14.5. The van der Waals surface area contributed by atoms with E-state index in [2.05, 4.69) is 26.5 Å². The molecule has 8 heteroatoms. The van der Waals surface area contributed by atoms with E-state index < -0.39 is 5.60 Å². The molecular weight excluding hydrogens is 514 g/mol. The van der Waals surface area contributed by atoms with Crippen molar-refractivity contribution in [2.24, 2.45) is 11.8 Å². The van der Waals surface area contributed by atoms with Crippen molar-refractivity contribution in [2.75, 3.05) is 31.1 Å². The molecule has 4 saturated heterocycles. The molecule has 1 amide bonds. The molecule has 7 rings (SSSR count). The molecule has 5 heterocycles. The topological polar surface area (TPSA) is 70.9 Å². The van der Waals surface area contributed by atoms with E-state index in [0.717, 1.165) is 30.5 Å². The van der Waals surface area contributed by atoms with Crippen LogP contribution < -0.4 is 10.5 Å². The van der Waals surface area contributed by atoms with Crippen LogP contribution in [0.4, 0.5) is 10.6 Å². The highest BCUT2D eigenvalue weighted by Gasteiger charge is 2.50. The van der Waals surface area contributed by atoms with Gasteiger partial charge in [-0.2, -0.15) is 0 Å². The van der Waals surface area contributed by atoms with Crippen LogP contribution in [0.25, 0.3) is 11.0 Å². The molecule has 2 bridgehead atoms. The van der Waals surface area contributed by atoms with E-state index >= 15 is 0 Å². The number of nitrogens with zero attached hydrogens (tertiary/aromatic N) is 5. The second-order valence-electron chi connectivity index (χ2n) is 14.5. The smallest absolute Gasteiger partial charge is 0.410 e. The van der Waals surface area contributed by atoms with Gasteiger partial charge >= 0.3 is 6.09 Å². The van der Waals surface area contributed by atoms with E-state index in [9.17, 15) is 9.59 Å². The first-order valence-electron chi connectivity index (χ1n) is 16.3. The maximum Gasteiger partial charge on any atom is 0.410 e. The monoisotopic (exact) mass is 561 g/mol. The van der Waals surface area contributed by atoms with E-state index in [-0.39, 0.29) is 17.7 Å². The lowest BCUT2D eigenvalue weighted by Crippen LogP contribution is -2.42. The summed E-state index contributed by atoms with van der Waals surface area (Å²) in [4.78, 5) is 39.0. The van der Waals surface area contributed by atoms with Gasteiger partial charge in [-0.15, -0.1) is 0 Å². The lowest BCUT2D eigenvalue weighted by molar-refractivity contribution is 0.0282. The molecule has 0 spiro atoms. The number of ether oxygens (including phenoxy) is 1. The zero-order chi connectivity index (χ0) is 28.3. The zero-order valence-electron chi connectivity index (χ0n) is 25.1. The summed E-state index contributed by atoms with van der Waals surface area (Å²) in [6.07, 6.45) is 12.8. The summed E-state index contributed by atoms with van der Waals surface area (Å²) >= 11 is 0. The number of likely N-dealkylation sites (tertiary alicyclic amines) is 1. The van der Waals surface area contributed by atoms with Crippen molar-refractivity contribution in [1.82, 2.24) is 19.4 Å². The van der Waals surface area contributed by atoms with Crippen molar-refractivity contribution in [3.05, 3.63) is 34.6 Å². The third-order valence-electron chi connectivity index (χ3n) is 10.6. The molecule has 222 valence electrons. The molecule has 1 saturated carbocycles. The maximum atomic E-state index is 14.4. The number of carbonyl (C=O) groups is 1. The summed E-state index contributed by atoms with van der Waals surface area (Å²) in [5.74, 6) is 1.27. The third kappa shape index (κ3) is 5.04. The van der Waals surface area contributed by atoms with E-state index in [1.165, 1.54) is 57.8 Å². The van der Waals surface area contributed by atoms with Crippen LogP contribution in [0.2, 0.25) is 0 Å². The van der Waals surface area contributed by atoms with Crippen molar-refractivity contribution in [3.8, 4) is 0 Å². The highest BCUT2D eigenvalue weighted by Crippen LogP contribution is 2.47. The third-order valence-corrected chi connectivity index (χ3v) is 10.6. The molecule has 4 aliphatic heterocycles. The first-order valence-corrected chi connectivity index (χ1v) is 16.3. The lowest BCUT2D eigenvalue weighted by atomic mass is 9.94. The van der Waals surface area contributed by atoms with Gasteiger partial charge in [0.1, 0.15) is 5.60 Å². The van der Waals surface area contributed by atoms with Crippen LogP contribution in [0.15, 0.2) is 29.1 Å². The lowest BCUT2D eigenvalue weighted by Gasteiger charge is -2.34. The Morgan fingerprint density at radius 3 is 2.24 bits per heavy atom. The number of para-hydroxylation sites is 2. The van der Waals surface area contributed by atoms with E-state index in [0.29, 0.717) is 48.9 Å². The van der Waals surface area contributed by atoms with Crippen LogP contribution in [0.1, 0.15) is 91.0 Å². The standard InChI is InChI=1S/C33H47N5O3/c1-33(2,3)41-32(40)36-20-22-18-35(19-23(22)21-36)30-31(39)38(27-14-10-9-13-26(27)34-30)29-17-25-15-16-28(29)37(25)24-11-7-5-4-6-8-12-24/h9-10,13-14,22-25,28-29H,4-8,11-12,15-21H2,1-3H3/t22?,23?,25-,28?,29+/m0/s1. The SMILES string of the molecule is CC(C)(C)OC(=O)N1CC2CN(c3nc4ccccc4n([C@@H]4C[C@@H]5CCC4N5C4CCCCCCC4)c3=O)CC2C1. The molecule has 5 fully saturated rings. The molecule has 1 aliphatic carbocycles. The van der Waals surface area contributed by atoms with Gasteiger partial charge < -0.3 is 14.5 Å². The average Bonchev–Trinajstić information content (AvgIpc) is 3.67. The minimum absolute atomic E-state index is 0.0721. The van der Waals surface area contributed by atoms with Crippen molar-refractivity contribution in [1.29, 1.82) is 0 Å². The highest BCUT2D eigenvalue weighted by molar-refractivity contribution is 5.77. The molecule has 8 nitrogen and oxygen atoms in total. The molecule has 1 aromatic heterocycles. The van der Waals surface area contributed by atoms with Crippen LogP contribution in [0.3, 0.4) is 0 Å². The van der Waals surface area contributed by atoms with Gasteiger partial charge in [0.15, 0.2) is 5.82 Å². The summed E-state index contributed by atoms with van der Waals surface area (Å²) in [6, 6.07) is 10.2.